The van der Waals surface area contributed by atoms with Gasteiger partial charge in [-0.3, -0.25) is 13.9 Å². The second-order valence-corrected chi connectivity index (χ2v) is 6.85. The SMILES string of the molecule is Cn1c(=O)c2c(=S)nc(CCC3CCCCC3)[nH]c2n(C)c1=O. The number of hydrogen-bond donors (Lipinski definition) is 1. The van der Waals surface area contributed by atoms with Crippen molar-refractivity contribution in [1.29, 1.82) is 0 Å². The Hall–Kier alpha value is -1.76. The van der Waals surface area contributed by atoms with Gasteiger partial charge in [0.1, 0.15) is 21.5 Å². The molecule has 1 saturated carbocycles. The van der Waals surface area contributed by atoms with Crippen LogP contribution in [0.4, 0.5) is 0 Å². The van der Waals surface area contributed by atoms with Crippen LogP contribution in [0.2, 0.25) is 0 Å². The Balaban J connectivity index is 1.99. The fraction of sp³-hybridized carbons (Fsp3) is 0.625. The van der Waals surface area contributed by atoms with E-state index >= 15 is 0 Å². The van der Waals surface area contributed by atoms with Gasteiger partial charge in [0.25, 0.3) is 5.56 Å². The molecule has 3 rings (SSSR count). The number of nitrogens with one attached hydrogen (secondary N) is 1. The highest BCUT2D eigenvalue weighted by molar-refractivity contribution is 7.71. The Labute approximate surface area is 139 Å². The van der Waals surface area contributed by atoms with E-state index in [0.29, 0.717) is 11.0 Å². The lowest BCUT2D eigenvalue weighted by Crippen LogP contribution is -2.37. The van der Waals surface area contributed by atoms with Crippen molar-refractivity contribution in [3.8, 4) is 0 Å². The highest BCUT2D eigenvalue weighted by Crippen LogP contribution is 2.27. The van der Waals surface area contributed by atoms with Crippen molar-refractivity contribution in [1.82, 2.24) is 19.1 Å². The summed E-state index contributed by atoms with van der Waals surface area (Å²) in [6.45, 7) is 0. The van der Waals surface area contributed by atoms with E-state index in [0.717, 1.165) is 29.2 Å². The predicted molar refractivity (Wildman–Crippen MR) is 92.3 cm³/mol. The lowest BCUT2D eigenvalue weighted by molar-refractivity contribution is 0.337. The summed E-state index contributed by atoms with van der Waals surface area (Å²) in [6.07, 6.45) is 8.42. The van der Waals surface area contributed by atoms with Gasteiger partial charge in [-0.1, -0.05) is 44.3 Å². The molecule has 0 aromatic carbocycles. The van der Waals surface area contributed by atoms with E-state index in [1.807, 2.05) is 0 Å². The minimum atomic E-state index is -0.393. The van der Waals surface area contributed by atoms with Gasteiger partial charge >= 0.3 is 5.69 Å². The number of rotatable bonds is 3. The predicted octanol–water partition coefficient (Wildman–Crippen LogP) is 2.20. The van der Waals surface area contributed by atoms with Crippen LogP contribution in [0, 0.1) is 10.6 Å². The standard InChI is InChI=1S/C16H22N4O2S/c1-19-13-12(15(21)20(2)16(19)22)14(23)18-11(17-13)9-8-10-6-4-3-5-7-10/h10H,3-9H2,1-2H3,(H,17,18,23). The average Bonchev–Trinajstić information content (AvgIpc) is 2.56. The first-order valence-electron chi connectivity index (χ1n) is 8.18. The molecule has 6 nitrogen and oxygen atoms in total. The van der Waals surface area contributed by atoms with E-state index < -0.39 is 5.56 Å². The molecule has 23 heavy (non-hydrogen) atoms. The van der Waals surface area contributed by atoms with Gasteiger partial charge in [0.05, 0.1) is 0 Å². The quantitative estimate of drug-likeness (QED) is 0.874. The van der Waals surface area contributed by atoms with Crippen LogP contribution < -0.4 is 11.2 Å². The molecule has 0 unspecified atom stereocenters. The Morgan fingerprint density at radius 3 is 2.57 bits per heavy atom. The third-order valence-electron chi connectivity index (χ3n) is 4.89. The van der Waals surface area contributed by atoms with E-state index in [4.69, 9.17) is 12.2 Å². The summed E-state index contributed by atoms with van der Waals surface area (Å²) in [5.74, 6) is 1.51. The summed E-state index contributed by atoms with van der Waals surface area (Å²) in [6, 6.07) is 0. The van der Waals surface area contributed by atoms with E-state index in [2.05, 4.69) is 9.97 Å². The number of aryl methyl sites for hydroxylation is 2. The second kappa shape index (κ2) is 6.39. The van der Waals surface area contributed by atoms with Gasteiger partial charge in [-0.15, -0.1) is 0 Å². The molecule has 0 spiro atoms. The van der Waals surface area contributed by atoms with Crippen molar-refractivity contribution in [3.05, 3.63) is 31.3 Å². The van der Waals surface area contributed by atoms with Crippen LogP contribution in [0.25, 0.3) is 11.0 Å². The first-order chi connectivity index (χ1) is 11.0. The van der Waals surface area contributed by atoms with E-state index in [1.165, 1.54) is 43.7 Å². The molecule has 0 atom stereocenters. The van der Waals surface area contributed by atoms with Gasteiger partial charge in [-0.2, -0.15) is 0 Å². The van der Waals surface area contributed by atoms with Gasteiger partial charge in [0.2, 0.25) is 0 Å². The Morgan fingerprint density at radius 2 is 1.87 bits per heavy atom. The van der Waals surface area contributed by atoms with Gasteiger partial charge in [0.15, 0.2) is 0 Å². The zero-order valence-electron chi connectivity index (χ0n) is 13.6. The average molecular weight is 334 g/mol. The smallest absolute Gasteiger partial charge is 0.329 e. The zero-order valence-corrected chi connectivity index (χ0v) is 14.4. The number of aromatic amines is 1. The number of hydrogen-bond acceptors (Lipinski definition) is 4. The molecule has 0 aliphatic heterocycles. The molecule has 1 fully saturated rings. The molecule has 7 heteroatoms. The number of nitrogens with zero attached hydrogens (tertiary/aromatic N) is 3. The maximum atomic E-state index is 12.3. The minimum absolute atomic E-state index is 0.272. The maximum Gasteiger partial charge on any atom is 0.332 e. The van der Waals surface area contributed by atoms with Crippen molar-refractivity contribution in [2.75, 3.05) is 0 Å². The van der Waals surface area contributed by atoms with Crippen molar-refractivity contribution >= 4 is 23.3 Å². The molecule has 0 bridgehead atoms. The Morgan fingerprint density at radius 1 is 1.17 bits per heavy atom. The van der Waals surface area contributed by atoms with Crippen LogP contribution in [-0.2, 0) is 20.5 Å². The van der Waals surface area contributed by atoms with Crippen molar-refractivity contribution in [3.63, 3.8) is 0 Å². The number of fused-ring (bicyclic) bond motifs is 1. The summed E-state index contributed by atoms with van der Waals surface area (Å²) in [5.41, 5.74) is -0.287. The van der Waals surface area contributed by atoms with E-state index in [1.54, 1.807) is 7.05 Å². The lowest BCUT2D eigenvalue weighted by atomic mass is 9.86. The highest BCUT2D eigenvalue weighted by atomic mass is 32.1. The minimum Gasteiger partial charge on any atom is -0.329 e. The molecule has 2 heterocycles. The van der Waals surface area contributed by atoms with Crippen LogP contribution in [-0.4, -0.2) is 19.1 Å². The molecule has 0 radical (unpaired) electrons. The molecule has 124 valence electrons. The lowest BCUT2D eigenvalue weighted by Gasteiger charge is -2.21. The molecule has 1 aliphatic carbocycles. The summed E-state index contributed by atoms with van der Waals surface area (Å²) >= 11 is 5.30. The van der Waals surface area contributed by atoms with Crippen molar-refractivity contribution < 1.29 is 0 Å². The summed E-state index contributed by atoms with van der Waals surface area (Å²) < 4.78 is 2.77. The number of aromatic nitrogens is 4. The third-order valence-corrected chi connectivity index (χ3v) is 5.19. The fourth-order valence-corrected chi connectivity index (χ4v) is 3.76. The molecule has 1 N–H and O–H groups in total. The van der Waals surface area contributed by atoms with E-state index in [-0.39, 0.29) is 10.3 Å². The normalized spacial score (nSPS) is 16.1. The maximum absolute atomic E-state index is 12.3. The number of H-pyrrole nitrogens is 1. The topological polar surface area (TPSA) is 72.7 Å². The van der Waals surface area contributed by atoms with E-state index in [9.17, 15) is 9.59 Å². The second-order valence-electron chi connectivity index (χ2n) is 6.46. The Kier molecular flexibility index (Phi) is 4.48. The van der Waals surface area contributed by atoms with Gasteiger partial charge in [-0.25, -0.2) is 9.78 Å². The summed E-state index contributed by atoms with van der Waals surface area (Å²) in [5, 5.41) is 0.311. The van der Waals surface area contributed by atoms with Gasteiger partial charge in [0, 0.05) is 20.5 Å². The van der Waals surface area contributed by atoms with Gasteiger partial charge in [-0.05, 0) is 12.3 Å². The summed E-state index contributed by atoms with van der Waals surface area (Å²) in [4.78, 5) is 31.9. The molecular weight excluding hydrogens is 312 g/mol. The molecule has 2 aromatic rings. The van der Waals surface area contributed by atoms with Gasteiger partial charge < -0.3 is 4.98 Å². The van der Waals surface area contributed by atoms with Crippen LogP contribution in [0.15, 0.2) is 9.59 Å². The van der Waals surface area contributed by atoms with Crippen LogP contribution in [0.5, 0.6) is 0 Å². The molecule has 1 aliphatic rings. The largest absolute Gasteiger partial charge is 0.332 e. The Bertz CT molecular complexity index is 903. The van der Waals surface area contributed by atoms with Crippen molar-refractivity contribution in [2.24, 2.45) is 20.0 Å². The summed E-state index contributed by atoms with van der Waals surface area (Å²) in [7, 11) is 3.09. The third kappa shape index (κ3) is 3.02. The first-order valence-corrected chi connectivity index (χ1v) is 8.58. The van der Waals surface area contributed by atoms with Crippen molar-refractivity contribution in [2.45, 2.75) is 44.9 Å². The molecule has 0 amide bonds. The monoisotopic (exact) mass is 334 g/mol. The fourth-order valence-electron chi connectivity index (χ4n) is 3.46. The van der Waals surface area contributed by atoms with Crippen LogP contribution >= 0.6 is 12.2 Å². The van der Waals surface area contributed by atoms with Crippen LogP contribution in [0.1, 0.15) is 44.3 Å². The van der Waals surface area contributed by atoms with Crippen LogP contribution in [0.3, 0.4) is 0 Å². The molecular formula is C16H22N4O2S. The zero-order chi connectivity index (χ0) is 16.6. The molecule has 0 saturated heterocycles. The highest BCUT2D eigenvalue weighted by Gasteiger charge is 2.16. The molecule has 2 aromatic heterocycles. The first kappa shape index (κ1) is 16.1.